The zero-order valence-corrected chi connectivity index (χ0v) is 10.7. The molecule has 0 amide bonds. The number of nitrogens with one attached hydrogen (secondary N) is 1. The fourth-order valence-electron chi connectivity index (χ4n) is 2.11. The highest BCUT2D eigenvalue weighted by molar-refractivity contribution is 5.04. The maximum absolute atomic E-state index is 5.75. The molecule has 1 unspecified atom stereocenters. The molecule has 1 N–H and O–H groups in total. The molecule has 4 heteroatoms. The van der Waals surface area contributed by atoms with Crippen LogP contribution in [0.3, 0.4) is 0 Å². The first-order chi connectivity index (χ1) is 8.25. The number of morpholine rings is 1. The third kappa shape index (κ3) is 3.84. The Kier molecular flexibility index (Phi) is 4.59. The third-order valence-electron chi connectivity index (χ3n) is 3.18. The van der Waals surface area contributed by atoms with E-state index in [9.17, 15) is 0 Å². The summed E-state index contributed by atoms with van der Waals surface area (Å²) in [5.74, 6) is 0. The predicted octanol–water partition coefficient (Wildman–Crippen LogP) is 1.48. The van der Waals surface area contributed by atoms with Crippen molar-refractivity contribution in [2.45, 2.75) is 32.5 Å². The molecule has 1 aliphatic heterocycles. The molecular weight excluding hydrogens is 216 g/mol. The van der Waals surface area contributed by atoms with E-state index < -0.39 is 0 Å². The Hall–Kier alpha value is -0.840. The van der Waals surface area contributed by atoms with Crippen LogP contribution >= 0.6 is 0 Å². The molecule has 17 heavy (non-hydrogen) atoms. The van der Waals surface area contributed by atoms with Crippen LogP contribution in [0.4, 0.5) is 0 Å². The van der Waals surface area contributed by atoms with Crippen molar-refractivity contribution in [2.75, 3.05) is 26.2 Å². The molecular formula is C13H22N2O2. The lowest BCUT2D eigenvalue weighted by molar-refractivity contribution is -0.0372. The first kappa shape index (κ1) is 12.6. The van der Waals surface area contributed by atoms with E-state index in [1.54, 1.807) is 12.5 Å². The summed E-state index contributed by atoms with van der Waals surface area (Å²) in [7, 11) is 0. The summed E-state index contributed by atoms with van der Waals surface area (Å²) in [6.45, 7) is 9.14. The zero-order chi connectivity index (χ0) is 12.1. The summed E-state index contributed by atoms with van der Waals surface area (Å²) in [5.41, 5.74) is 1.18. The molecule has 4 nitrogen and oxygen atoms in total. The first-order valence-corrected chi connectivity index (χ1v) is 6.33. The van der Waals surface area contributed by atoms with Crippen LogP contribution in [0.2, 0.25) is 0 Å². The first-order valence-electron chi connectivity index (χ1n) is 6.33. The van der Waals surface area contributed by atoms with Crippen molar-refractivity contribution in [1.29, 1.82) is 0 Å². The van der Waals surface area contributed by atoms with Crippen molar-refractivity contribution in [3.05, 3.63) is 24.2 Å². The second-order valence-corrected chi connectivity index (χ2v) is 4.84. The standard InChI is InChI=1S/C13H22N2O2/c1-11(2)15-4-6-17-13(9-15)8-14-7-12-3-5-16-10-12/h3,5,10-11,13-14H,4,6-9H2,1-2H3. The molecule has 1 atom stereocenters. The number of hydrogen-bond donors (Lipinski definition) is 1. The lowest BCUT2D eigenvalue weighted by atomic mass is 10.2. The topological polar surface area (TPSA) is 37.6 Å². The molecule has 1 aliphatic rings. The molecule has 1 aromatic heterocycles. The summed E-state index contributed by atoms with van der Waals surface area (Å²) in [6, 6.07) is 2.59. The number of nitrogens with zero attached hydrogens (tertiary/aromatic N) is 1. The Bertz CT molecular complexity index is 311. The smallest absolute Gasteiger partial charge is 0.0947 e. The van der Waals surface area contributed by atoms with Crippen LogP contribution in [0.15, 0.2) is 23.0 Å². The van der Waals surface area contributed by atoms with E-state index in [1.807, 2.05) is 6.07 Å². The second kappa shape index (κ2) is 6.19. The van der Waals surface area contributed by atoms with Crippen molar-refractivity contribution in [3.8, 4) is 0 Å². The molecule has 1 fully saturated rings. The minimum absolute atomic E-state index is 0.304. The van der Waals surface area contributed by atoms with Gasteiger partial charge in [0.25, 0.3) is 0 Å². The quantitative estimate of drug-likeness (QED) is 0.843. The number of hydrogen-bond acceptors (Lipinski definition) is 4. The van der Waals surface area contributed by atoms with Crippen molar-refractivity contribution in [1.82, 2.24) is 10.2 Å². The fourth-order valence-corrected chi connectivity index (χ4v) is 2.11. The molecule has 0 aromatic carbocycles. The highest BCUT2D eigenvalue weighted by Crippen LogP contribution is 2.08. The zero-order valence-electron chi connectivity index (χ0n) is 10.7. The van der Waals surface area contributed by atoms with Crippen LogP contribution in [0.5, 0.6) is 0 Å². The number of rotatable bonds is 5. The van der Waals surface area contributed by atoms with Crippen LogP contribution in [-0.4, -0.2) is 43.3 Å². The fraction of sp³-hybridized carbons (Fsp3) is 0.692. The van der Waals surface area contributed by atoms with Gasteiger partial charge in [0.05, 0.1) is 25.2 Å². The van der Waals surface area contributed by atoms with E-state index in [1.165, 1.54) is 5.56 Å². The Balaban J connectivity index is 1.68. The minimum Gasteiger partial charge on any atom is -0.472 e. The number of ether oxygens (including phenoxy) is 1. The average Bonchev–Trinajstić information content (AvgIpc) is 2.82. The maximum atomic E-state index is 5.75. The van der Waals surface area contributed by atoms with Crippen molar-refractivity contribution < 1.29 is 9.15 Å². The van der Waals surface area contributed by atoms with Gasteiger partial charge in [-0.3, -0.25) is 4.90 Å². The van der Waals surface area contributed by atoms with Crippen molar-refractivity contribution in [3.63, 3.8) is 0 Å². The Morgan fingerprint density at radius 1 is 1.53 bits per heavy atom. The van der Waals surface area contributed by atoms with Crippen LogP contribution in [0, 0.1) is 0 Å². The van der Waals surface area contributed by atoms with E-state index in [0.717, 1.165) is 32.8 Å². The van der Waals surface area contributed by atoms with Gasteiger partial charge in [0, 0.05) is 37.8 Å². The van der Waals surface area contributed by atoms with Crippen molar-refractivity contribution >= 4 is 0 Å². The predicted molar refractivity (Wildman–Crippen MR) is 66.9 cm³/mol. The second-order valence-electron chi connectivity index (χ2n) is 4.84. The molecule has 2 heterocycles. The third-order valence-corrected chi connectivity index (χ3v) is 3.18. The van der Waals surface area contributed by atoms with Crippen LogP contribution < -0.4 is 5.32 Å². The normalized spacial score (nSPS) is 22.2. The molecule has 1 aromatic rings. The lowest BCUT2D eigenvalue weighted by Gasteiger charge is -2.35. The van der Waals surface area contributed by atoms with Gasteiger partial charge in [-0.1, -0.05) is 0 Å². The van der Waals surface area contributed by atoms with Crippen molar-refractivity contribution in [2.24, 2.45) is 0 Å². The number of furan rings is 1. The molecule has 0 bridgehead atoms. The highest BCUT2D eigenvalue weighted by Gasteiger charge is 2.21. The highest BCUT2D eigenvalue weighted by atomic mass is 16.5. The van der Waals surface area contributed by atoms with Gasteiger partial charge in [0.1, 0.15) is 0 Å². The molecule has 0 radical (unpaired) electrons. The molecule has 1 saturated heterocycles. The Morgan fingerprint density at radius 3 is 3.12 bits per heavy atom. The molecule has 96 valence electrons. The molecule has 0 aliphatic carbocycles. The summed E-state index contributed by atoms with van der Waals surface area (Å²) in [6.07, 6.45) is 3.78. The van der Waals surface area contributed by atoms with Gasteiger partial charge in [-0.25, -0.2) is 0 Å². The van der Waals surface area contributed by atoms with Crippen LogP contribution in [0.1, 0.15) is 19.4 Å². The van der Waals surface area contributed by atoms with Gasteiger partial charge in [-0.05, 0) is 19.9 Å². The van der Waals surface area contributed by atoms with E-state index in [4.69, 9.17) is 9.15 Å². The van der Waals surface area contributed by atoms with Gasteiger partial charge < -0.3 is 14.5 Å². The van der Waals surface area contributed by atoms with Crippen LogP contribution in [-0.2, 0) is 11.3 Å². The summed E-state index contributed by atoms with van der Waals surface area (Å²) < 4.78 is 10.8. The Morgan fingerprint density at radius 2 is 2.41 bits per heavy atom. The van der Waals surface area contributed by atoms with Gasteiger partial charge in [-0.15, -0.1) is 0 Å². The maximum Gasteiger partial charge on any atom is 0.0947 e. The Labute approximate surface area is 103 Å². The van der Waals surface area contributed by atoms with E-state index in [-0.39, 0.29) is 0 Å². The molecule has 2 rings (SSSR count). The molecule has 0 saturated carbocycles. The van der Waals surface area contributed by atoms with E-state index in [2.05, 4.69) is 24.1 Å². The summed E-state index contributed by atoms with van der Waals surface area (Å²) in [5, 5.41) is 3.41. The van der Waals surface area contributed by atoms with E-state index in [0.29, 0.717) is 12.1 Å². The minimum atomic E-state index is 0.304. The van der Waals surface area contributed by atoms with Gasteiger partial charge in [-0.2, -0.15) is 0 Å². The molecule has 0 spiro atoms. The van der Waals surface area contributed by atoms with Gasteiger partial charge in [0.2, 0.25) is 0 Å². The largest absolute Gasteiger partial charge is 0.472 e. The lowest BCUT2D eigenvalue weighted by Crippen LogP contribution is -2.48. The monoisotopic (exact) mass is 238 g/mol. The van der Waals surface area contributed by atoms with Gasteiger partial charge in [0.15, 0.2) is 0 Å². The van der Waals surface area contributed by atoms with Crippen LogP contribution in [0.25, 0.3) is 0 Å². The summed E-state index contributed by atoms with van der Waals surface area (Å²) >= 11 is 0. The summed E-state index contributed by atoms with van der Waals surface area (Å²) in [4.78, 5) is 2.47. The average molecular weight is 238 g/mol. The van der Waals surface area contributed by atoms with Gasteiger partial charge >= 0.3 is 0 Å². The SMILES string of the molecule is CC(C)N1CCOC(CNCc2ccoc2)C1. The van der Waals surface area contributed by atoms with E-state index >= 15 is 0 Å².